The van der Waals surface area contributed by atoms with Crippen LogP contribution in [-0.4, -0.2) is 18.1 Å². The molecule has 2 aliphatic carbocycles. The maximum absolute atomic E-state index is 4.54. The van der Waals surface area contributed by atoms with Gasteiger partial charge in [-0.15, -0.1) is 0 Å². The van der Waals surface area contributed by atoms with Crippen LogP contribution in [0.4, 0.5) is 0 Å². The lowest BCUT2D eigenvalue weighted by Gasteiger charge is -2.34. The van der Waals surface area contributed by atoms with E-state index in [-0.39, 0.29) is 0 Å². The first kappa shape index (κ1) is 12.2. The SMILES string of the molecule is CNC(C(C)c1ccccn1)C1CC2CCC1C2. The number of rotatable bonds is 4. The molecule has 1 N–H and O–H groups in total. The molecule has 0 aromatic carbocycles. The highest BCUT2D eigenvalue weighted by Crippen LogP contribution is 2.51. The van der Waals surface area contributed by atoms with Crippen molar-refractivity contribution >= 4 is 0 Å². The van der Waals surface area contributed by atoms with Crippen molar-refractivity contribution in [2.75, 3.05) is 7.05 Å². The molecule has 0 saturated heterocycles. The Morgan fingerprint density at radius 3 is 2.72 bits per heavy atom. The third kappa shape index (κ3) is 2.07. The Morgan fingerprint density at radius 1 is 1.28 bits per heavy atom. The number of aromatic nitrogens is 1. The summed E-state index contributed by atoms with van der Waals surface area (Å²) in [5, 5.41) is 3.59. The summed E-state index contributed by atoms with van der Waals surface area (Å²) in [5.41, 5.74) is 1.24. The van der Waals surface area contributed by atoms with Crippen molar-refractivity contribution in [3.05, 3.63) is 30.1 Å². The van der Waals surface area contributed by atoms with Crippen LogP contribution in [0, 0.1) is 17.8 Å². The molecule has 1 aromatic rings. The summed E-state index contributed by atoms with van der Waals surface area (Å²) in [6.07, 6.45) is 7.78. The molecule has 0 spiro atoms. The summed E-state index contributed by atoms with van der Waals surface area (Å²) in [7, 11) is 2.12. The minimum Gasteiger partial charge on any atom is -0.316 e. The van der Waals surface area contributed by atoms with E-state index in [1.807, 2.05) is 12.3 Å². The molecule has 0 aliphatic heterocycles. The van der Waals surface area contributed by atoms with Gasteiger partial charge in [0.1, 0.15) is 0 Å². The number of fused-ring (bicyclic) bond motifs is 2. The normalized spacial score (nSPS) is 33.6. The van der Waals surface area contributed by atoms with Crippen LogP contribution >= 0.6 is 0 Å². The molecule has 5 unspecified atom stereocenters. The average molecular weight is 244 g/mol. The van der Waals surface area contributed by atoms with Crippen molar-refractivity contribution in [2.24, 2.45) is 17.8 Å². The van der Waals surface area contributed by atoms with E-state index in [0.717, 1.165) is 17.8 Å². The van der Waals surface area contributed by atoms with E-state index in [1.54, 1.807) is 0 Å². The second-order valence-corrected chi connectivity index (χ2v) is 6.20. The van der Waals surface area contributed by atoms with Gasteiger partial charge in [0.05, 0.1) is 0 Å². The Kier molecular flexibility index (Phi) is 3.38. The molecule has 2 nitrogen and oxygen atoms in total. The lowest BCUT2D eigenvalue weighted by Crippen LogP contribution is -2.40. The summed E-state index contributed by atoms with van der Waals surface area (Å²) in [5.74, 6) is 3.37. The van der Waals surface area contributed by atoms with Gasteiger partial charge in [0.25, 0.3) is 0 Å². The van der Waals surface area contributed by atoms with E-state index in [0.29, 0.717) is 12.0 Å². The van der Waals surface area contributed by atoms with Gasteiger partial charge in [0.2, 0.25) is 0 Å². The molecular weight excluding hydrogens is 220 g/mol. The fourth-order valence-electron chi connectivity index (χ4n) is 4.40. The number of hydrogen-bond donors (Lipinski definition) is 1. The Bertz CT molecular complexity index is 389. The number of nitrogens with one attached hydrogen (secondary N) is 1. The van der Waals surface area contributed by atoms with E-state index in [2.05, 4.69) is 36.4 Å². The van der Waals surface area contributed by atoms with Gasteiger partial charge in [-0.1, -0.05) is 19.4 Å². The van der Waals surface area contributed by atoms with Crippen LogP contribution in [0.5, 0.6) is 0 Å². The first-order valence-corrected chi connectivity index (χ1v) is 7.37. The summed E-state index contributed by atoms with van der Waals surface area (Å²) in [6.45, 7) is 2.33. The summed E-state index contributed by atoms with van der Waals surface area (Å²) >= 11 is 0. The molecule has 0 amide bonds. The minimum atomic E-state index is 0.514. The van der Waals surface area contributed by atoms with Crippen molar-refractivity contribution in [1.82, 2.24) is 10.3 Å². The third-order valence-corrected chi connectivity index (χ3v) is 5.28. The van der Waals surface area contributed by atoms with E-state index in [9.17, 15) is 0 Å². The molecule has 2 saturated carbocycles. The maximum Gasteiger partial charge on any atom is 0.0447 e. The third-order valence-electron chi connectivity index (χ3n) is 5.28. The first-order valence-electron chi connectivity index (χ1n) is 7.37. The Morgan fingerprint density at radius 2 is 2.17 bits per heavy atom. The molecule has 18 heavy (non-hydrogen) atoms. The van der Waals surface area contributed by atoms with Gasteiger partial charge in [0, 0.05) is 23.9 Å². The van der Waals surface area contributed by atoms with Gasteiger partial charge in [-0.05, 0) is 56.2 Å². The zero-order valence-electron chi connectivity index (χ0n) is 11.5. The number of likely N-dealkylation sites (N-methyl/N-ethyl adjacent to an activating group) is 1. The van der Waals surface area contributed by atoms with Gasteiger partial charge < -0.3 is 5.32 Å². The van der Waals surface area contributed by atoms with Crippen molar-refractivity contribution in [3.8, 4) is 0 Å². The molecule has 1 heterocycles. The molecule has 3 rings (SSSR count). The highest BCUT2D eigenvalue weighted by molar-refractivity contribution is 5.13. The zero-order chi connectivity index (χ0) is 12.5. The molecular formula is C16H24N2. The lowest BCUT2D eigenvalue weighted by atomic mass is 9.77. The van der Waals surface area contributed by atoms with Crippen LogP contribution < -0.4 is 5.32 Å². The smallest absolute Gasteiger partial charge is 0.0447 e. The molecule has 2 aliphatic rings. The summed E-state index contributed by atoms with van der Waals surface area (Å²) < 4.78 is 0. The topological polar surface area (TPSA) is 24.9 Å². The molecule has 2 fully saturated rings. The van der Waals surface area contributed by atoms with E-state index in [4.69, 9.17) is 0 Å². The second-order valence-electron chi connectivity index (χ2n) is 6.20. The van der Waals surface area contributed by atoms with Crippen LogP contribution in [0.15, 0.2) is 24.4 Å². The van der Waals surface area contributed by atoms with Crippen molar-refractivity contribution < 1.29 is 0 Å². The standard InChI is InChI=1S/C16H24N2/c1-11(15-5-3-4-8-18-15)16(17-2)14-10-12-6-7-13(14)9-12/h3-5,8,11-14,16-17H,6-7,9-10H2,1-2H3. The molecule has 5 atom stereocenters. The maximum atomic E-state index is 4.54. The van der Waals surface area contributed by atoms with E-state index in [1.165, 1.54) is 31.4 Å². The summed E-state index contributed by atoms with van der Waals surface area (Å²) in [4.78, 5) is 4.54. The minimum absolute atomic E-state index is 0.514. The van der Waals surface area contributed by atoms with E-state index >= 15 is 0 Å². The first-order chi connectivity index (χ1) is 8.79. The van der Waals surface area contributed by atoms with Crippen LogP contribution in [-0.2, 0) is 0 Å². The lowest BCUT2D eigenvalue weighted by molar-refractivity contribution is 0.233. The molecule has 2 bridgehead atoms. The van der Waals surface area contributed by atoms with E-state index < -0.39 is 0 Å². The number of hydrogen-bond acceptors (Lipinski definition) is 2. The van der Waals surface area contributed by atoms with Gasteiger partial charge in [-0.2, -0.15) is 0 Å². The number of nitrogens with zero attached hydrogens (tertiary/aromatic N) is 1. The van der Waals surface area contributed by atoms with Gasteiger partial charge in [-0.3, -0.25) is 4.98 Å². The fraction of sp³-hybridized carbons (Fsp3) is 0.688. The molecule has 0 radical (unpaired) electrons. The van der Waals surface area contributed by atoms with Crippen LogP contribution in [0.1, 0.15) is 44.2 Å². The van der Waals surface area contributed by atoms with Crippen LogP contribution in [0.25, 0.3) is 0 Å². The number of pyridine rings is 1. The second kappa shape index (κ2) is 5.00. The highest BCUT2D eigenvalue weighted by Gasteiger charge is 2.44. The average Bonchev–Trinajstić information content (AvgIpc) is 3.03. The van der Waals surface area contributed by atoms with Crippen LogP contribution in [0.2, 0.25) is 0 Å². The van der Waals surface area contributed by atoms with Crippen molar-refractivity contribution in [1.29, 1.82) is 0 Å². The van der Waals surface area contributed by atoms with Crippen LogP contribution in [0.3, 0.4) is 0 Å². The van der Waals surface area contributed by atoms with Gasteiger partial charge in [0.15, 0.2) is 0 Å². The van der Waals surface area contributed by atoms with Crippen molar-refractivity contribution in [2.45, 2.75) is 44.6 Å². The Hall–Kier alpha value is -0.890. The fourth-order valence-corrected chi connectivity index (χ4v) is 4.40. The largest absolute Gasteiger partial charge is 0.316 e. The van der Waals surface area contributed by atoms with Gasteiger partial charge >= 0.3 is 0 Å². The molecule has 98 valence electrons. The van der Waals surface area contributed by atoms with Gasteiger partial charge in [-0.25, -0.2) is 0 Å². The molecule has 2 heteroatoms. The molecule has 1 aromatic heterocycles. The monoisotopic (exact) mass is 244 g/mol. The highest BCUT2D eigenvalue weighted by atomic mass is 14.9. The summed E-state index contributed by atoms with van der Waals surface area (Å²) in [6, 6.07) is 6.87. The predicted octanol–water partition coefficient (Wildman–Crippen LogP) is 3.21. The Labute approximate surface area is 110 Å². The van der Waals surface area contributed by atoms with Crippen molar-refractivity contribution in [3.63, 3.8) is 0 Å². The predicted molar refractivity (Wildman–Crippen MR) is 74.4 cm³/mol. The zero-order valence-corrected chi connectivity index (χ0v) is 11.5. The Balaban J connectivity index is 1.76. The quantitative estimate of drug-likeness (QED) is 0.879.